The molecular formula is C41H55BrN10O2. The SMILES string of the molecule is Brc1ccc2c(c1)nc1n2CCN(C2CCC2)CC1.C.C.C.O=c1cccn[nH]1.O=c1cccnn1-c1ccc2c(c1)nc1n2CCN(C2CCC2)CC1. The number of aromatic amines is 1. The van der Waals surface area contributed by atoms with Crippen molar-refractivity contribution in [2.24, 2.45) is 0 Å². The minimum absolute atomic E-state index is 0. The van der Waals surface area contributed by atoms with E-state index in [1.807, 2.05) is 12.1 Å². The van der Waals surface area contributed by atoms with Gasteiger partial charge in [-0.05, 0) is 74.2 Å². The van der Waals surface area contributed by atoms with Crippen LogP contribution in [0.25, 0.3) is 27.8 Å². The molecule has 0 spiro atoms. The van der Waals surface area contributed by atoms with Crippen molar-refractivity contribution in [2.75, 3.05) is 26.2 Å². The number of imidazole rings is 2. The molecule has 4 aromatic heterocycles. The van der Waals surface area contributed by atoms with Crippen LogP contribution in [0.1, 0.15) is 72.5 Å². The number of hydrogen-bond acceptors (Lipinski definition) is 8. The van der Waals surface area contributed by atoms with Gasteiger partial charge in [0.2, 0.25) is 0 Å². The zero-order valence-corrected chi connectivity index (χ0v) is 30.3. The zero-order valence-electron chi connectivity index (χ0n) is 28.7. The van der Waals surface area contributed by atoms with Gasteiger partial charge in [0, 0.05) is 93.2 Å². The largest absolute Gasteiger partial charge is 0.327 e. The van der Waals surface area contributed by atoms with Gasteiger partial charge in [-0.25, -0.2) is 15.1 Å². The Bertz CT molecular complexity index is 2230. The van der Waals surface area contributed by atoms with Gasteiger partial charge in [-0.15, -0.1) is 0 Å². The first-order valence-electron chi connectivity index (χ1n) is 18.2. The van der Waals surface area contributed by atoms with Crippen LogP contribution in [0, 0.1) is 0 Å². The molecule has 0 atom stereocenters. The standard InChI is InChI=1S/C19H21N5O.C15H18BrN3.C4H4N2O.3CH4/c25-19-5-2-9-20-24(19)15-6-7-17-16(13-15)21-18-8-10-22(11-12-23(17)18)14-3-1-4-14;16-11-4-5-14-13(10-11)17-15-6-7-18(8-9-19(14)15)12-2-1-3-12;7-4-2-1-3-5-6-4;;;/h2,5-7,9,13-14H,1,3-4,8,10-12H2;4-5,10,12H,1-3,6-9H2;1-3H,(H,6,7);3*1H4. The highest BCUT2D eigenvalue weighted by Gasteiger charge is 2.28. The van der Waals surface area contributed by atoms with E-state index in [-0.39, 0.29) is 33.4 Å². The number of H-pyrrole nitrogens is 1. The second-order valence-electron chi connectivity index (χ2n) is 13.8. The van der Waals surface area contributed by atoms with Crippen LogP contribution in [-0.4, -0.2) is 87.1 Å². The maximum absolute atomic E-state index is 12.0. The number of fused-ring (bicyclic) bond motifs is 6. The molecule has 288 valence electrons. The lowest BCUT2D eigenvalue weighted by Crippen LogP contribution is -2.41. The van der Waals surface area contributed by atoms with E-state index in [1.165, 1.54) is 86.0 Å². The van der Waals surface area contributed by atoms with Crippen molar-refractivity contribution in [2.45, 2.75) is 98.8 Å². The van der Waals surface area contributed by atoms with E-state index < -0.39 is 0 Å². The van der Waals surface area contributed by atoms with Crippen molar-refractivity contribution < 1.29 is 0 Å². The summed E-state index contributed by atoms with van der Waals surface area (Å²) < 4.78 is 7.30. The summed E-state index contributed by atoms with van der Waals surface area (Å²) in [6, 6.07) is 20.2. The Morgan fingerprint density at radius 1 is 0.648 bits per heavy atom. The summed E-state index contributed by atoms with van der Waals surface area (Å²) in [5, 5.41) is 9.83. The van der Waals surface area contributed by atoms with E-state index in [0.29, 0.717) is 0 Å². The second-order valence-corrected chi connectivity index (χ2v) is 14.7. The molecule has 4 aliphatic rings. The van der Waals surface area contributed by atoms with Crippen molar-refractivity contribution in [1.29, 1.82) is 0 Å². The molecule has 2 aliphatic heterocycles. The van der Waals surface area contributed by atoms with Gasteiger partial charge in [0.15, 0.2) is 0 Å². The monoisotopic (exact) mass is 798 g/mol. The fourth-order valence-corrected chi connectivity index (χ4v) is 7.95. The smallest absolute Gasteiger partial charge is 0.271 e. The van der Waals surface area contributed by atoms with E-state index in [2.05, 4.69) is 74.4 Å². The molecular weight excluding hydrogens is 744 g/mol. The molecule has 6 aromatic rings. The van der Waals surface area contributed by atoms with Crippen molar-refractivity contribution in [1.82, 2.24) is 48.9 Å². The highest BCUT2D eigenvalue weighted by Crippen LogP contribution is 2.29. The van der Waals surface area contributed by atoms with Gasteiger partial charge in [-0.2, -0.15) is 14.9 Å². The third kappa shape index (κ3) is 8.74. The Kier molecular flexibility index (Phi) is 13.8. The molecule has 0 amide bonds. The first-order chi connectivity index (χ1) is 25.0. The summed E-state index contributed by atoms with van der Waals surface area (Å²) in [4.78, 5) is 37.1. The second kappa shape index (κ2) is 18.2. The van der Waals surface area contributed by atoms with Crippen LogP contribution in [0.4, 0.5) is 0 Å². The van der Waals surface area contributed by atoms with E-state index >= 15 is 0 Å². The van der Waals surface area contributed by atoms with Crippen molar-refractivity contribution in [3.8, 4) is 5.69 Å². The van der Waals surface area contributed by atoms with Gasteiger partial charge < -0.3 is 9.13 Å². The molecule has 6 heterocycles. The van der Waals surface area contributed by atoms with Crippen LogP contribution in [-0.2, 0) is 25.9 Å². The fourth-order valence-electron chi connectivity index (χ4n) is 7.60. The molecule has 0 saturated heterocycles. The summed E-state index contributed by atoms with van der Waals surface area (Å²) in [6.45, 7) is 6.63. The highest BCUT2D eigenvalue weighted by atomic mass is 79.9. The fraction of sp³-hybridized carbons (Fsp3) is 0.463. The predicted molar refractivity (Wildman–Crippen MR) is 221 cm³/mol. The molecule has 2 fully saturated rings. The molecule has 2 saturated carbocycles. The Morgan fingerprint density at radius 3 is 1.72 bits per heavy atom. The molecule has 0 radical (unpaired) electrons. The van der Waals surface area contributed by atoms with Gasteiger partial charge in [0.25, 0.3) is 11.1 Å². The molecule has 2 aromatic carbocycles. The highest BCUT2D eigenvalue weighted by molar-refractivity contribution is 9.10. The third-order valence-electron chi connectivity index (χ3n) is 10.8. The number of benzene rings is 2. The summed E-state index contributed by atoms with van der Waals surface area (Å²) >= 11 is 3.53. The summed E-state index contributed by atoms with van der Waals surface area (Å²) in [6.07, 6.45) is 13.5. The van der Waals surface area contributed by atoms with Gasteiger partial charge in [0.1, 0.15) is 11.6 Å². The lowest BCUT2D eigenvalue weighted by molar-refractivity contribution is 0.130. The van der Waals surface area contributed by atoms with Gasteiger partial charge in [-0.3, -0.25) is 19.4 Å². The predicted octanol–water partition coefficient (Wildman–Crippen LogP) is 6.88. The molecule has 1 N–H and O–H groups in total. The van der Waals surface area contributed by atoms with Crippen molar-refractivity contribution in [3.05, 3.63) is 110 Å². The van der Waals surface area contributed by atoms with Crippen LogP contribution < -0.4 is 11.1 Å². The number of halogens is 1. The number of aromatic nitrogens is 8. The van der Waals surface area contributed by atoms with Crippen LogP contribution in [0.5, 0.6) is 0 Å². The minimum Gasteiger partial charge on any atom is -0.327 e. The van der Waals surface area contributed by atoms with Gasteiger partial charge >= 0.3 is 0 Å². The molecule has 13 heteroatoms. The van der Waals surface area contributed by atoms with Crippen molar-refractivity contribution >= 4 is 38.0 Å². The van der Waals surface area contributed by atoms with Crippen LogP contribution in [0.3, 0.4) is 0 Å². The third-order valence-corrected chi connectivity index (χ3v) is 11.3. The van der Waals surface area contributed by atoms with E-state index in [9.17, 15) is 9.59 Å². The Balaban J connectivity index is 0.000000172. The maximum Gasteiger partial charge on any atom is 0.271 e. The van der Waals surface area contributed by atoms with E-state index in [4.69, 9.17) is 9.97 Å². The maximum atomic E-state index is 12.0. The number of rotatable bonds is 3. The molecule has 12 nitrogen and oxygen atoms in total. The molecule has 10 rings (SSSR count). The number of nitrogens with one attached hydrogen (secondary N) is 1. The first-order valence-corrected chi connectivity index (χ1v) is 19.0. The minimum atomic E-state index is -0.164. The average Bonchev–Trinajstić information content (AvgIpc) is 3.45. The lowest BCUT2D eigenvalue weighted by atomic mass is 9.91. The van der Waals surface area contributed by atoms with Crippen molar-refractivity contribution in [3.63, 3.8) is 0 Å². The van der Waals surface area contributed by atoms with Gasteiger partial charge in [-0.1, -0.05) is 51.1 Å². The van der Waals surface area contributed by atoms with Gasteiger partial charge in [0.05, 0.1) is 27.8 Å². The van der Waals surface area contributed by atoms with E-state index in [1.54, 1.807) is 18.3 Å². The Labute approximate surface area is 326 Å². The van der Waals surface area contributed by atoms with E-state index in [0.717, 1.165) is 83.6 Å². The quantitative estimate of drug-likeness (QED) is 0.206. The Morgan fingerprint density at radius 2 is 1.22 bits per heavy atom. The average molecular weight is 800 g/mol. The van der Waals surface area contributed by atoms with Crippen LogP contribution >= 0.6 is 15.9 Å². The molecule has 54 heavy (non-hydrogen) atoms. The van der Waals surface area contributed by atoms with Crippen LogP contribution in [0.15, 0.2) is 87.1 Å². The zero-order chi connectivity index (χ0) is 34.7. The molecule has 0 unspecified atom stereocenters. The first kappa shape index (κ1) is 40.7. The topological polar surface area (TPSA) is 123 Å². The molecule has 0 bridgehead atoms. The summed E-state index contributed by atoms with van der Waals surface area (Å²) in [7, 11) is 0. The molecule has 2 aliphatic carbocycles. The Hall–Kier alpha value is -4.46. The number of nitrogens with zero attached hydrogens (tertiary/aromatic N) is 9. The normalized spacial score (nSPS) is 17.2. The summed E-state index contributed by atoms with van der Waals surface area (Å²) in [5.74, 6) is 2.41. The summed E-state index contributed by atoms with van der Waals surface area (Å²) in [5.41, 5.74) is 4.99. The number of hydrogen-bond donors (Lipinski definition) is 1. The lowest BCUT2D eigenvalue weighted by Gasteiger charge is -2.36. The van der Waals surface area contributed by atoms with Crippen LogP contribution in [0.2, 0.25) is 0 Å².